The van der Waals surface area contributed by atoms with Gasteiger partial charge in [-0.05, 0) is 29.7 Å². The predicted octanol–water partition coefficient (Wildman–Crippen LogP) is 4.04. The number of benzene rings is 2. The number of carbonyl (C=O) groups excluding carboxylic acids is 1. The van der Waals surface area contributed by atoms with Crippen molar-refractivity contribution in [2.75, 3.05) is 0 Å². The smallest absolute Gasteiger partial charge is 0.266 e. The van der Waals surface area contributed by atoms with Gasteiger partial charge in [0, 0.05) is 23.1 Å². The summed E-state index contributed by atoms with van der Waals surface area (Å²) in [7, 11) is 0. The third-order valence-electron chi connectivity index (χ3n) is 3.83. The zero-order valence-corrected chi connectivity index (χ0v) is 15.3. The van der Waals surface area contributed by atoms with Gasteiger partial charge in [0.15, 0.2) is 0 Å². The lowest BCUT2D eigenvalue weighted by Crippen LogP contribution is -2.17. The van der Waals surface area contributed by atoms with Crippen LogP contribution >= 0.6 is 11.3 Å². The van der Waals surface area contributed by atoms with Crippen LogP contribution in [-0.2, 0) is 6.42 Å². The maximum absolute atomic E-state index is 12.2. The molecule has 0 radical (unpaired) electrons. The van der Waals surface area contributed by atoms with Gasteiger partial charge in [0.25, 0.3) is 11.6 Å². The van der Waals surface area contributed by atoms with E-state index in [0.717, 1.165) is 17.0 Å². The molecule has 0 atom stereocenters. The molecule has 2 aromatic carbocycles. The number of nitrogens with one attached hydrogen (secondary N) is 1. The SMILES string of the molecule is CCc1ccc(-c2nc(C(=O)N/N=C\c3ccc([N+](=O)[O-])cc3)cs2)cc1. The molecule has 0 aliphatic heterocycles. The van der Waals surface area contributed by atoms with Gasteiger partial charge in [-0.3, -0.25) is 14.9 Å². The fourth-order valence-corrected chi connectivity index (χ4v) is 3.10. The van der Waals surface area contributed by atoms with Crippen molar-refractivity contribution in [3.63, 3.8) is 0 Å². The summed E-state index contributed by atoms with van der Waals surface area (Å²) in [4.78, 5) is 26.6. The van der Waals surface area contributed by atoms with Crippen molar-refractivity contribution in [2.24, 2.45) is 5.10 Å². The van der Waals surface area contributed by atoms with Crippen LogP contribution in [-0.4, -0.2) is 22.0 Å². The third kappa shape index (κ3) is 4.62. The summed E-state index contributed by atoms with van der Waals surface area (Å²) in [6.07, 6.45) is 2.39. The molecule has 0 saturated heterocycles. The van der Waals surface area contributed by atoms with Crippen LogP contribution in [0.25, 0.3) is 10.6 Å². The second kappa shape index (κ2) is 8.33. The summed E-state index contributed by atoms with van der Waals surface area (Å²) in [6, 6.07) is 13.9. The van der Waals surface area contributed by atoms with E-state index < -0.39 is 10.8 Å². The van der Waals surface area contributed by atoms with E-state index in [1.165, 1.54) is 35.2 Å². The van der Waals surface area contributed by atoms with E-state index in [1.54, 1.807) is 17.5 Å². The average molecular weight is 380 g/mol. The molecule has 136 valence electrons. The minimum absolute atomic E-state index is 0.00171. The minimum Gasteiger partial charge on any atom is -0.266 e. The van der Waals surface area contributed by atoms with Crippen LogP contribution in [0, 0.1) is 10.1 Å². The van der Waals surface area contributed by atoms with Gasteiger partial charge in [-0.1, -0.05) is 31.2 Å². The quantitative estimate of drug-likeness (QED) is 0.396. The number of hydrogen-bond donors (Lipinski definition) is 1. The van der Waals surface area contributed by atoms with E-state index in [9.17, 15) is 14.9 Å². The van der Waals surface area contributed by atoms with Crippen LogP contribution in [0.2, 0.25) is 0 Å². The lowest BCUT2D eigenvalue weighted by molar-refractivity contribution is -0.384. The number of aryl methyl sites for hydroxylation is 1. The number of thiazole rings is 1. The van der Waals surface area contributed by atoms with Crippen LogP contribution in [0.15, 0.2) is 59.0 Å². The van der Waals surface area contributed by atoms with Crippen LogP contribution in [0.1, 0.15) is 28.5 Å². The molecule has 1 amide bonds. The van der Waals surface area contributed by atoms with Crippen LogP contribution in [0.5, 0.6) is 0 Å². The Balaban J connectivity index is 1.62. The summed E-state index contributed by atoms with van der Waals surface area (Å²) in [5, 5.41) is 16.9. The summed E-state index contributed by atoms with van der Waals surface area (Å²) < 4.78 is 0. The third-order valence-corrected chi connectivity index (χ3v) is 4.72. The molecule has 0 fully saturated rings. The van der Waals surface area contributed by atoms with Gasteiger partial charge in [-0.15, -0.1) is 11.3 Å². The van der Waals surface area contributed by atoms with Crippen LogP contribution < -0.4 is 5.43 Å². The molecule has 0 bridgehead atoms. The van der Waals surface area contributed by atoms with Crippen molar-refractivity contribution in [1.82, 2.24) is 10.4 Å². The number of nitro groups is 1. The van der Waals surface area contributed by atoms with E-state index in [4.69, 9.17) is 0 Å². The Morgan fingerprint density at radius 1 is 1.22 bits per heavy atom. The number of nitro benzene ring substituents is 1. The highest BCUT2D eigenvalue weighted by Gasteiger charge is 2.11. The van der Waals surface area contributed by atoms with Crippen molar-refractivity contribution >= 4 is 29.1 Å². The van der Waals surface area contributed by atoms with Crippen molar-refractivity contribution < 1.29 is 9.72 Å². The minimum atomic E-state index is -0.474. The van der Waals surface area contributed by atoms with Gasteiger partial charge in [-0.25, -0.2) is 10.4 Å². The highest BCUT2D eigenvalue weighted by Crippen LogP contribution is 2.24. The van der Waals surface area contributed by atoms with E-state index in [0.29, 0.717) is 5.56 Å². The molecule has 0 saturated carbocycles. The van der Waals surface area contributed by atoms with E-state index >= 15 is 0 Å². The number of rotatable bonds is 6. The molecule has 1 aromatic heterocycles. The second-order valence-corrected chi connectivity index (χ2v) is 6.49. The van der Waals surface area contributed by atoms with E-state index in [1.807, 2.05) is 24.3 Å². The second-order valence-electron chi connectivity index (χ2n) is 5.64. The molecule has 3 aromatic rings. The first-order chi connectivity index (χ1) is 13.1. The fourth-order valence-electron chi connectivity index (χ4n) is 2.30. The highest BCUT2D eigenvalue weighted by atomic mass is 32.1. The molecule has 0 spiro atoms. The molecular formula is C19H16N4O3S. The number of carbonyl (C=O) groups is 1. The topological polar surface area (TPSA) is 97.5 Å². The molecular weight excluding hydrogens is 364 g/mol. The number of aromatic nitrogens is 1. The molecule has 0 aliphatic carbocycles. The van der Waals surface area contributed by atoms with Gasteiger partial charge in [0.1, 0.15) is 10.7 Å². The normalized spacial score (nSPS) is 10.9. The first-order valence-corrected chi connectivity index (χ1v) is 9.07. The fraction of sp³-hybridized carbons (Fsp3) is 0.105. The van der Waals surface area contributed by atoms with Gasteiger partial charge < -0.3 is 0 Å². The maximum Gasteiger partial charge on any atom is 0.290 e. The summed E-state index contributed by atoms with van der Waals surface area (Å²) in [5.74, 6) is -0.416. The Morgan fingerprint density at radius 3 is 2.56 bits per heavy atom. The van der Waals surface area contributed by atoms with E-state index in [2.05, 4.69) is 22.4 Å². The van der Waals surface area contributed by atoms with Crippen molar-refractivity contribution in [3.05, 3.63) is 80.8 Å². The monoisotopic (exact) mass is 380 g/mol. The first kappa shape index (κ1) is 18.4. The molecule has 1 heterocycles. The van der Waals surface area contributed by atoms with Crippen LogP contribution in [0.3, 0.4) is 0 Å². The Hall–Kier alpha value is -3.39. The Kier molecular flexibility index (Phi) is 5.68. The zero-order valence-electron chi connectivity index (χ0n) is 14.5. The van der Waals surface area contributed by atoms with Gasteiger partial charge in [0.05, 0.1) is 11.1 Å². The molecule has 1 N–H and O–H groups in total. The molecule has 27 heavy (non-hydrogen) atoms. The van der Waals surface area contributed by atoms with Gasteiger partial charge in [-0.2, -0.15) is 5.10 Å². The number of hydrazone groups is 1. The highest BCUT2D eigenvalue weighted by molar-refractivity contribution is 7.13. The van der Waals surface area contributed by atoms with Crippen molar-refractivity contribution in [2.45, 2.75) is 13.3 Å². The molecule has 0 unspecified atom stereocenters. The summed E-state index contributed by atoms with van der Waals surface area (Å²) >= 11 is 1.39. The summed E-state index contributed by atoms with van der Waals surface area (Å²) in [5.41, 5.74) is 5.54. The Morgan fingerprint density at radius 2 is 1.93 bits per heavy atom. The van der Waals surface area contributed by atoms with Crippen molar-refractivity contribution in [3.8, 4) is 10.6 Å². The Bertz CT molecular complexity index is 979. The molecule has 3 rings (SSSR count). The largest absolute Gasteiger partial charge is 0.290 e. The predicted molar refractivity (Wildman–Crippen MR) is 105 cm³/mol. The zero-order chi connectivity index (χ0) is 19.2. The summed E-state index contributed by atoms with van der Waals surface area (Å²) in [6.45, 7) is 2.10. The lowest BCUT2D eigenvalue weighted by Gasteiger charge is -1.99. The van der Waals surface area contributed by atoms with Gasteiger partial charge in [0.2, 0.25) is 0 Å². The number of amides is 1. The van der Waals surface area contributed by atoms with Gasteiger partial charge >= 0.3 is 0 Å². The number of nitrogens with zero attached hydrogens (tertiary/aromatic N) is 3. The number of non-ortho nitro benzene ring substituents is 1. The van der Waals surface area contributed by atoms with Crippen LogP contribution in [0.4, 0.5) is 5.69 Å². The van der Waals surface area contributed by atoms with E-state index in [-0.39, 0.29) is 11.4 Å². The molecule has 0 aliphatic rings. The Labute approximate surface area is 159 Å². The molecule has 7 nitrogen and oxygen atoms in total. The number of hydrogen-bond acceptors (Lipinski definition) is 6. The molecule has 8 heteroatoms. The average Bonchev–Trinajstić information content (AvgIpc) is 3.19. The first-order valence-electron chi connectivity index (χ1n) is 8.19. The standard InChI is InChI=1S/C19H16N4O3S/c1-2-13-3-7-15(8-4-13)19-21-17(12-27-19)18(24)22-20-11-14-5-9-16(10-6-14)23(25)26/h3-12H,2H2,1H3,(H,22,24)/b20-11-. The lowest BCUT2D eigenvalue weighted by atomic mass is 10.1. The van der Waals surface area contributed by atoms with Crippen molar-refractivity contribution in [1.29, 1.82) is 0 Å². The maximum atomic E-state index is 12.2.